The van der Waals surface area contributed by atoms with Gasteiger partial charge in [0.05, 0.1) is 5.69 Å². The van der Waals surface area contributed by atoms with E-state index < -0.39 is 18.0 Å². The SMILES string of the molecule is C#CCC(NC(=O)Nc1cc(C)ccc1Br)C(=O)O. The number of hydrogen-bond acceptors (Lipinski definition) is 2. The maximum Gasteiger partial charge on any atom is 0.327 e. The smallest absolute Gasteiger partial charge is 0.327 e. The van der Waals surface area contributed by atoms with Crippen molar-refractivity contribution in [3.8, 4) is 12.3 Å². The van der Waals surface area contributed by atoms with Gasteiger partial charge in [0.15, 0.2) is 0 Å². The van der Waals surface area contributed by atoms with Crippen LogP contribution in [0.4, 0.5) is 10.5 Å². The second-order valence-electron chi connectivity index (χ2n) is 3.88. The van der Waals surface area contributed by atoms with Crippen molar-refractivity contribution in [1.82, 2.24) is 5.32 Å². The highest BCUT2D eigenvalue weighted by Crippen LogP contribution is 2.23. The van der Waals surface area contributed by atoms with Crippen LogP contribution in [0.25, 0.3) is 0 Å². The lowest BCUT2D eigenvalue weighted by molar-refractivity contribution is -0.139. The van der Waals surface area contributed by atoms with E-state index in [1.807, 2.05) is 13.0 Å². The minimum absolute atomic E-state index is 0.0717. The quantitative estimate of drug-likeness (QED) is 0.744. The summed E-state index contributed by atoms with van der Waals surface area (Å²) in [5.41, 5.74) is 1.53. The van der Waals surface area contributed by atoms with E-state index in [1.54, 1.807) is 12.1 Å². The third-order valence-corrected chi connectivity index (χ3v) is 2.99. The first kappa shape index (κ1) is 15.1. The summed E-state index contributed by atoms with van der Waals surface area (Å²) in [6.07, 6.45) is 4.98. The third kappa shape index (κ3) is 4.64. The highest BCUT2D eigenvalue weighted by molar-refractivity contribution is 9.10. The Morgan fingerprint density at radius 1 is 1.53 bits per heavy atom. The van der Waals surface area contributed by atoms with E-state index in [2.05, 4.69) is 32.5 Å². The van der Waals surface area contributed by atoms with Gasteiger partial charge in [0.2, 0.25) is 0 Å². The normalized spacial score (nSPS) is 11.2. The van der Waals surface area contributed by atoms with Crippen LogP contribution in [0.15, 0.2) is 22.7 Å². The van der Waals surface area contributed by atoms with E-state index in [9.17, 15) is 9.59 Å². The molecule has 0 bridgehead atoms. The highest BCUT2D eigenvalue weighted by atomic mass is 79.9. The van der Waals surface area contributed by atoms with Crippen LogP contribution in [-0.2, 0) is 4.79 Å². The molecule has 100 valence electrons. The molecule has 1 unspecified atom stereocenters. The lowest BCUT2D eigenvalue weighted by atomic mass is 10.2. The number of aryl methyl sites for hydroxylation is 1. The summed E-state index contributed by atoms with van der Waals surface area (Å²) >= 11 is 3.29. The van der Waals surface area contributed by atoms with Gasteiger partial charge in [-0.1, -0.05) is 6.07 Å². The molecule has 0 aliphatic rings. The number of carboxylic acid groups (broad SMARTS) is 1. The minimum atomic E-state index is -1.17. The summed E-state index contributed by atoms with van der Waals surface area (Å²) in [5, 5.41) is 13.7. The van der Waals surface area contributed by atoms with E-state index in [-0.39, 0.29) is 6.42 Å². The standard InChI is InChI=1S/C13H13BrN2O3/c1-3-4-10(12(17)18)15-13(19)16-11-7-8(2)5-6-9(11)14/h1,5-7,10H,4H2,2H3,(H,17,18)(H2,15,16,19). The van der Waals surface area contributed by atoms with Crippen molar-refractivity contribution in [3.63, 3.8) is 0 Å². The van der Waals surface area contributed by atoms with Gasteiger partial charge in [-0.2, -0.15) is 0 Å². The van der Waals surface area contributed by atoms with Crippen molar-refractivity contribution in [1.29, 1.82) is 0 Å². The van der Waals surface area contributed by atoms with Gasteiger partial charge in [0.25, 0.3) is 0 Å². The Labute approximate surface area is 119 Å². The van der Waals surface area contributed by atoms with E-state index in [0.717, 1.165) is 5.56 Å². The number of rotatable bonds is 4. The number of halogens is 1. The first-order chi connectivity index (χ1) is 8.93. The maximum atomic E-state index is 11.7. The molecule has 0 radical (unpaired) electrons. The minimum Gasteiger partial charge on any atom is -0.480 e. The molecule has 0 aliphatic carbocycles. The molecule has 0 heterocycles. The zero-order valence-electron chi connectivity index (χ0n) is 10.2. The summed E-state index contributed by atoms with van der Waals surface area (Å²) < 4.78 is 0.706. The number of terminal acetylenes is 1. The number of amides is 2. The fraction of sp³-hybridized carbons (Fsp3) is 0.231. The topological polar surface area (TPSA) is 78.4 Å². The average Bonchev–Trinajstić information content (AvgIpc) is 2.33. The van der Waals surface area contributed by atoms with Gasteiger partial charge < -0.3 is 15.7 Å². The van der Waals surface area contributed by atoms with Gasteiger partial charge in [-0.25, -0.2) is 9.59 Å². The number of hydrogen-bond donors (Lipinski definition) is 3. The highest BCUT2D eigenvalue weighted by Gasteiger charge is 2.18. The zero-order chi connectivity index (χ0) is 14.4. The van der Waals surface area contributed by atoms with Gasteiger partial charge in [-0.15, -0.1) is 12.3 Å². The van der Waals surface area contributed by atoms with Gasteiger partial charge in [0, 0.05) is 10.9 Å². The number of anilines is 1. The van der Waals surface area contributed by atoms with Crippen molar-refractivity contribution in [2.45, 2.75) is 19.4 Å². The molecule has 5 nitrogen and oxygen atoms in total. The molecule has 0 saturated carbocycles. The Morgan fingerprint density at radius 2 is 2.21 bits per heavy atom. The predicted molar refractivity (Wildman–Crippen MR) is 75.9 cm³/mol. The Bertz CT molecular complexity index is 537. The number of benzene rings is 1. The Kier molecular flexibility index (Phi) is 5.39. The molecular formula is C13H13BrN2O3. The van der Waals surface area contributed by atoms with Crippen LogP contribution in [-0.4, -0.2) is 23.1 Å². The molecule has 0 saturated heterocycles. The van der Waals surface area contributed by atoms with E-state index in [4.69, 9.17) is 11.5 Å². The Morgan fingerprint density at radius 3 is 2.79 bits per heavy atom. The second-order valence-corrected chi connectivity index (χ2v) is 4.74. The van der Waals surface area contributed by atoms with E-state index in [1.165, 1.54) is 0 Å². The van der Waals surface area contributed by atoms with Gasteiger partial charge >= 0.3 is 12.0 Å². The molecule has 19 heavy (non-hydrogen) atoms. The predicted octanol–water partition coefficient (Wildman–Crippen LogP) is 2.36. The van der Waals surface area contributed by atoms with Crippen molar-refractivity contribution < 1.29 is 14.7 Å². The summed E-state index contributed by atoms with van der Waals surface area (Å²) in [7, 11) is 0. The lowest BCUT2D eigenvalue weighted by Crippen LogP contribution is -2.42. The largest absolute Gasteiger partial charge is 0.480 e. The number of urea groups is 1. The van der Waals surface area contributed by atoms with Crippen LogP contribution in [0.2, 0.25) is 0 Å². The molecule has 6 heteroatoms. The lowest BCUT2D eigenvalue weighted by Gasteiger charge is -2.13. The fourth-order valence-electron chi connectivity index (χ4n) is 1.37. The Balaban J connectivity index is 2.72. The molecule has 1 aromatic rings. The number of nitrogens with one attached hydrogen (secondary N) is 2. The molecule has 0 aliphatic heterocycles. The molecule has 0 fully saturated rings. The maximum absolute atomic E-state index is 11.7. The van der Waals surface area contributed by atoms with Gasteiger partial charge in [-0.05, 0) is 40.5 Å². The van der Waals surface area contributed by atoms with E-state index in [0.29, 0.717) is 10.2 Å². The van der Waals surface area contributed by atoms with Crippen LogP contribution in [0.1, 0.15) is 12.0 Å². The second kappa shape index (κ2) is 6.81. The first-order valence-corrected chi connectivity index (χ1v) is 6.23. The molecule has 1 aromatic carbocycles. The first-order valence-electron chi connectivity index (χ1n) is 5.44. The molecule has 1 atom stereocenters. The van der Waals surface area contributed by atoms with E-state index >= 15 is 0 Å². The Hall–Kier alpha value is -2.00. The summed E-state index contributed by atoms with van der Waals surface area (Å²) in [5.74, 6) is 1.04. The third-order valence-electron chi connectivity index (χ3n) is 2.30. The number of carbonyl (C=O) groups is 2. The number of aliphatic carboxylic acids is 1. The van der Waals surface area contributed by atoms with Crippen molar-refractivity contribution in [3.05, 3.63) is 28.2 Å². The van der Waals surface area contributed by atoms with Crippen LogP contribution in [0.3, 0.4) is 0 Å². The van der Waals surface area contributed by atoms with Gasteiger partial charge in [0.1, 0.15) is 6.04 Å². The fourth-order valence-corrected chi connectivity index (χ4v) is 1.72. The van der Waals surface area contributed by atoms with Gasteiger partial charge in [-0.3, -0.25) is 0 Å². The van der Waals surface area contributed by atoms with Crippen molar-refractivity contribution >= 4 is 33.6 Å². The number of carbonyl (C=O) groups excluding carboxylic acids is 1. The molecule has 3 N–H and O–H groups in total. The van der Waals surface area contributed by atoms with Crippen molar-refractivity contribution in [2.24, 2.45) is 0 Å². The molecule has 1 rings (SSSR count). The molecular weight excluding hydrogens is 312 g/mol. The molecule has 0 spiro atoms. The molecule has 0 aromatic heterocycles. The summed E-state index contributed by atoms with van der Waals surface area (Å²) in [4.78, 5) is 22.5. The van der Waals surface area contributed by atoms with Crippen LogP contribution < -0.4 is 10.6 Å². The zero-order valence-corrected chi connectivity index (χ0v) is 11.8. The van der Waals surface area contributed by atoms with Crippen molar-refractivity contribution in [2.75, 3.05) is 5.32 Å². The number of carboxylic acids is 1. The van der Waals surface area contributed by atoms with Crippen LogP contribution >= 0.6 is 15.9 Å². The van der Waals surface area contributed by atoms with Crippen LogP contribution in [0.5, 0.6) is 0 Å². The summed E-state index contributed by atoms with van der Waals surface area (Å²) in [6.45, 7) is 1.88. The average molecular weight is 325 g/mol. The summed E-state index contributed by atoms with van der Waals surface area (Å²) in [6, 6.07) is 3.72. The van der Waals surface area contributed by atoms with Crippen LogP contribution in [0, 0.1) is 19.3 Å². The molecule has 2 amide bonds. The monoisotopic (exact) mass is 324 g/mol.